The highest BCUT2D eigenvalue weighted by atomic mass is 16.1. The molecule has 0 saturated carbocycles. The van der Waals surface area contributed by atoms with Gasteiger partial charge in [0.1, 0.15) is 5.69 Å². The molecule has 3 heterocycles. The molecule has 0 radical (unpaired) electrons. The number of benzene rings is 1. The summed E-state index contributed by atoms with van der Waals surface area (Å²) in [6.45, 7) is 5.68. The third-order valence-corrected chi connectivity index (χ3v) is 5.66. The Balaban J connectivity index is 1.47. The molecule has 3 aromatic heterocycles. The zero-order valence-corrected chi connectivity index (χ0v) is 21.3. The minimum Gasteiger partial charge on any atom is -0.354 e. The second kappa shape index (κ2) is 11.1. The van der Waals surface area contributed by atoms with Crippen LogP contribution >= 0.6 is 0 Å². The van der Waals surface area contributed by atoms with E-state index < -0.39 is 0 Å². The maximum atomic E-state index is 12.6. The molecule has 0 aliphatic heterocycles. The monoisotopic (exact) mass is 488 g/mol. The van der Waals surface area contributed by atoms with Crippen LogP contribution in [0, 0.1) is 13.8 Å². The summed E-state index contributed by atoms with van der Waals surface area (Å²) in [5, 5.41) is 15.0. The summed E-state index contributed by atoms with van der Waals surface area (Å²) in [5.74, 6) is 0.902. The van der Waals surface area contributed by atoms with Crippen molar-refractivity contribution < 1.29 is 4.79 Å². The molecule has 0 unspecified atom stereocenters. The molecular formula is C25H32N10O. The highest BCUT2D eigenvalue weighted by molar-refractivity contribution is 6.03. The van der Waals surface area contributed by atoms with Gasteiger partial charge in [-0.25, -0.2) is 14.6 Å². The van der Waals surface area contributed by atoms with Gasteiger partial charge in [-0.2, -0.15) is 10.1 Å². The average Bonchev–Trinajstić information content (AvgIpc) is 3.15. The largest absolute Gasteiger partial charge is 0.354 e. The lowest BCUT2D eigenvalue weighted by Gasteiger charge is -2.11. The van der Waals surface area contributed by atoms with Crippen LogP contribution in [0.1, 0.15) is 34.6 Å². The molecular weight excluding hydrogens is 456 g/mol. The Labute approximate surface area is 210 Å². The number of unbranched alkanes of at least 4 members (excludes halogenated alkanes) is 1. The summed E-state index contributed by atoms with van der Waals surface area (Å²) in [6.07, 6.45) is 6.96. The molecule has 0 spiro atoms. The topological polar surface area (TPSA) is 126 Å². The van der Waals surface area contributed by atoms with Crippen molar-refractivity contribution in [1.82, 2.24) is 34.6 Å². The smallest absolute Gasteiger partial charge is 0.275 e. The zero-order valence-electron chi connectivity index (χ0n) is 21.3. The summed E-state index contributed by atoms with van der Waals surface area (Å²) in [6, 6.07) is 5.63. The number of hydrogen-bond acceptors (Lipinski definition) is 9. The third kappa shape index (κ3) is 6.11. The zero-order chi connectivity index (χ0) is 25.7. The lowest BCUT2D eigenvalue weighted by atomic mass is 10.1. The summed E-state index contributed by atoms with van der Waals surface area (Å²) < 4.78 is 1.73. The molecule has 1 aromatic carbocycles. The van der Waals surface area contributed by atoms with Gasteiger partial charge >= 0.3 is 0 Å². The number of rotatable bonds is 10. The summed E-state index contributed by atoms with van der Waals surface area (Å²) in [7, 11) is 6.01. The number of amides is 1. The second-order valence-corrected chi connectivity index (χ2v) is 8.99. The van der Waals surface area contributed by atoms with Gasteiger partial charge in [-0.1, -0.05) is 6.07 Å². The van der Waals surface area contributed by atoms with Crippen molar-refractivity contribution in [1.29, 1.82) is 0 Å². The normalized spacial score (nSPS) is 11.2. The van der Waals surface area contributed by atoms with Crippen molar-refractivity contribution in [3.05, 3.63) is 53.7 Å². The van der Waals surface area contributed by atoms with Crippen LogP contribution in [0.5, 0.6) is 0 Å². The van der Waals surface area contributed by atoms with Gasteiger partial charge in [0, 0.05) is 37.4 Å². The number of hydrogen-bond donors (Lipinski definition) is 3. The minimum absolute atomic E-state index is 0.255. The number of nitrogens with one attached hydrogen (secondary N) is 3. The van der Waals surface area contributed by atoms with Crippen LogP contribution in [0.15, 0.2) is 36.8 Å². The molecule has 0 fully saturated rings. The van der Waals surface area contributed by atoms with Crippen molar-refractivity contribution in [2.24, 2.45) is 7.05 Å². The molecule has 4 aromatic rings. The Hall–Kier alpha value is -4.12. The van der Waals surface area contributed by atoms with E-state index in [0.717, 1.165) is 53.9 Å². The second-order valence-electron chi connectivity index (χ2n) is 8.99. The molecule has 11 heteroatoms. The lowest BCUT2D eigenvalue weighted by Crippen LogP contribution is -2.14. The van der Waals surface area contributed by atoms with E-state index >= 15 is 0 Å². The lowest BCUT2D eigenvalue weighted by molar-refractivity contribution is 0.102. The SMILES string of the molecule is Cc1cnc(C(=O)Nc2ccc(C)c(Nc3nn(C)c4nc(NCCCCN(C)C)ncc34)c2)cn1. The van der Waals surface area contributed by atoms with Gasteiger partial charge in [0.2, 0.25) is 5.95 Å². The first-order valence-corrected chi connectivity index (χ1v) is 11.9. The van der Waals surface area contributed by atoms with Gasteiger partial charge in [0.25, 0.3) is 5.91 Å². The summed E-state index contributed by atoms with van der Waals surface area (Å²) in [5.41, 5.74) is 4.18. The van der Waals surface area contributed by atoms with Gasteiger partial charge in [0.05, 0.1) is 17.3 Å². The maximum absolute atomic E-state index is 12.6. The van der Waals surface area contributed by atoms with Crippen molar-refractivity contribution in [3.63, 3.8) is 0 Å². The molecule has 0 saturated heterocycles. The molecule has 188 valence electrons. The predicted octanol–water partition coefficient (Wildman–Crippen LogP) is 3.52. The van der Waals surface area contributed by atoms with Crippen LogP contribution in [-0.2, 0) is 7.05 Å². The van der Waals surface area contributed by atoms with Crippen LogP contribution in [0.3, 0.4) is 0 Å². The highest BCUT2D eigenvalue weighted by Crippen LogP contribution is 2.28. The molecule has 0 bridgehead atoms. The van der Waals surface area contributed by atoms with E-state index in [0.29, 0.717) is 17.5 Å². The van der Waals surface area contributed by atoms with Crippen molar-refractivity contribution in [3.8, 4) is 0 Å². The van der Waals surface area contributed by atoms with Crippen molar-refractivity contribution >= 4 is 40.1 Å². The first-order valence-electron chi connectivity index (χ1n) is 11.9. The van der Waals surface area contributed by atoms with Crippen LogP contribution in [0.4, 0.5) is 23.1 Å². The van der Waals surface area contributed by atoms with Crippen LogP contribution in [0.25, 0.3) is 11.0 Å². The number of aryl methyl sites for hydroxylation is 3. The van der Waals surface area contributed by atoms with Gasteiger partial charge in [-0.3, -0.25) is 9.78 Å². The number of fused-ring (bicyclic) bond motifs is 1. The maximum Gasteiger partial charge on any atom is 0.275 e. The van der Waals surface area contributed by atoms with E-state index in [9.17, 15) is 4.79 Å². The molecule has 1 amide bonds. The highest BCUT2D eigenvalue weighted by Gasteiger charge is 2.14. The van der Waals surface area contributed by atoms with Gasteiger partial charge < -0.3 is 20.9 Å². The van der Waals surface area contributed by atoms with Crippen molar-refractivity contribution in [2.45, 2.75) is 26.7 Å². The number of carbonyl (C=O) groups excluding carboxylic acids is 1. The molecule has 4 rings (SSSR count). The first kappa shape index (κ1) is 25.0. The van der Waals surface area contributed by atoms with Gasteiger partial charge in [-0.05, 0) is 65.0 Å². The predicted molar refractivity (Wildman–Crippen MR) is 142 cm³/mol. The fourth-order valence-corrected chi connectivity index (χ4v) is 3.64. The third-order valence-electron chi connectivity index (χ3n) is 5.66. The van der Waals surface area contributed by atoms with Crippen LogP contribution in [0.2, 0.25) is 0 Å². The molecule has 0 aliphatic carbocycles. The van der Waals surface area contributed by atoms with Gasteiger partial charge in [0.15, 0.2) is 11.5 Å². The molecule has 11 nitrogen and oxygen atoms in total. The average molecular weight is 489 g/mol. The fourth-order valence-electron chi connectivity index (χ4n) is 3.64. The van der Waals surface area contributed by atoms with Crippen molar-refractivity contribution in [2.75, 3.05) is 43.1 Å². The molecule has 0 aliphatic rings. The quantitative estimate of drug-likeness (QED) is 0.287. The standard InChI is InChI=1S/C25H32N10O/c1-16-8-9-18(30-24(36)21-15-27-17(2)13-28-21)12-20(16)31-22-19-14-29-25(32-23(19)35(5)33-22)26-10-6-7-11-34(3)4/h8-9,12-15H,6-7,10-11H2,1-5H3,(H,30,36)(H,31,33)(H,26,29,32). The molecule has 3 N–H and O–H groups in total. The number of carbonyl (C=O) groups is 1. The van der Waals surface area contributed by atoms with E-state index in [1.54, 1.807) is 17.1 Å². The Morgan fingerprint density at radius 3 is 2.64 bits per heavy atom. The number of aromatic nitrogens is 6. The number of anilines is 4. The van der Waals surface area contributed by atoms with Gasteiger partial charge in [-0.15, -0.1) is 0 Å². The Kier molecular flexibility index (Phi) is 7.69. The molecule has 36 heavy (non-hydrogen) atoms. The van der Waals surface area contributed by atoms with E-state index in [4.69, 9.17) is 0 Å². The van der Waals surface area contributed by atoms with E-state index in [1.165, 1.54) is 6.20 Å². The van der Waals surface area contributed by atoms with E-state index in [1.807, 2.05) is 39.1 Å². The summed E-state index contributed by atoms with van der Waals surface area (Å²) in [4.78, 5) is 32.1. The molecule has 0 atom stereocenters. The Morgan fingerprint density at radius 1 is 1.06 bits per heavy atom. The number of nitrogens with zero attached hydrogens (tertiary/aromatic N) is 7. The summed E-state index contributed by atoms with van der Waals surface area (Å²) >= 11 is 0. The Morgan fingerprint density at radius 2 is 1.89 bits per heavy atom. The van der Waals surface area contributed by atoms with E-state index in [2.05, 4.69) is 60.0 Å². The minimum atomic E-state index is -0.323. The van der Waals surface area contributed by atoms with Crippen LogP contribution < -0.4 is 16.0 Å². The fraction of sp³-hybridized carbons (Fsp3) is 0.360. The van der Waals surface area contributed by atoms with Crippen LogP contribution in [-0.4, -0.2) is 67.7 Å². The first-order chi connectivity index (χ1) is 17.3. The van der Waals surface area contributed by atoms with E-state index in [-0.39, 0.29) is 11.6 Å². The Bertz CT molecular complexity index is 1350.